The average molecular weight is 481 g/mol. The predicted octanol–water partition coefficient (Wildman–Crippen LogP) is 4.25. The van der Waals surface area contributed by atoms with Crippen molar-refractivity contribution in [3.63, 3.8) is 0 Å². The summed E-state index contributed by atoms with van der Waals surface area (Å²) in [6, 6.07) is 12.8. The molecule has 1 aliphatic rings. The monoisotopic (exact) mass is 480 g/mol. The van der Waals surface area contributed by atoms with Crippen LogP contribution in [0.4, 0.5) is 5.69 Å². The van der Waals surface area contributed by atoms with Gasteiger partial charge in [0.1, 0.15) is 0 Å². The molecule has 2 aromatic heterocycles. The number of hydrogen-bond donors (Lipinski definition) is 2. The summed E-state index contributed by atoms with van der Waals surface area (Å²) < 4.78 is 29.8. The molecule has 1 aliphatic carbocycles. The van der Waals surface area contributed by atoms with E-state index in [1.807, 2.05) is 52.5 Å². The summed E-state index contributed by atoms with van der Waals surface area (Å²) in [6.07, 6.45) is 8.13. The van der Waals surface area contributed by atoms with Gasteiger partial charge in [0.25, 0.3) is 0 Å². The van der Waals surface area contributed by atoms with E-state index in [-0.39, 0.29) is 23.8 Å². The SMILES string of the molecule is O=C(CCNS(=O)(=O)c1ccc2c(c1)CCCC2)Nc1ccc(-c2cn3ccsc3n2)cc1. The number of rotatable bonds is 7. The van der Waals surface area contributed by atoms with E-state index in [0.717, 1.165) is 47.5 Å². The molecule has 0 fully saturated rings. The maximum absolute atomic E-state index is 12.6. The van der Waals surface area contributed by atoms with Crippen LogP contribution in [0.15, 0.2) is 65.1 Å². The Kier molecular flexibility index (Phi) is 6.01. The van der Waals surface area contributed by atoms with Gasteiger partial charge in [-0.05, 0) is 61.1 Å². The van der Waals surface area contributed by atoms with Crippen molar-refractivity contribution >= 4 is 37.9 Å². The molecule has 0 spiro atoms. The number of anilines is 1. The summed E-state index contributed by atoms with van der Waals surface area (Å²) in [6.45, 7) is 0.0364. The van der Waals surface area contributed by atoms with Crippen molar-refractivity contribution in [1.29, 1.82) is 0 Å². The normalized spacial score (nSPS) is 13.7. The second-order valence-corrected chi connectivity index (χ2v) is 10.8. The molecule has 0 saturated carbocycles. The number of aryl methyl sites for hydroxylation is 2. The molecular weight excluding hydrogens is 456 g/mol. The van der Waals surface area contributed by atoms with Crippen molar-refractivity contribution < 1.29 is 13.2 Å². The van der Waals surface area contributed by atoms with Crippen molar-refractivity contribution in [1.82, 2.24) is 14.1 Å². The lowest BCUT2D eigenvalue weighted by atomic mass is 9.92. The van der Waals surface area contributed by atoms with E-state index in [9.17, 15) is 13.2 Å². The van der Waals surface area contributed by atoms with Crippen LogP contribution in [0.25, 0.3) is 16.2 Å². The largest absolute Gasteiger partial charge is 0.326 e. The number of nitrogens with one attached hydrogen (secondary N) is 2. The van der Waals surface area contributed by atoms with Crippen LogP contribution in [-0.4, -0.2) is 30.3 Å². The van der Waals surface area contributed by atoms with Crippen LogP contribution >= 0.6 is 11.3 Å². The molecule has 2 aromatic carbocycles. The Morgan fingerprint density at radius 3 is 2.64 bits per heavy atom. The zero-order valence-corrected chi connectivity index (χ0v) is 19.6. The van der Waals surface area contributed by atoms with Gasteiger partial charge in [-0.25, -0.2) is 18.1 Å². The highest BCUT2D eigenvalue weighted by Crippen LogP contribution is 2.25. The molecule has 1 amide bonds. The number of benzene rings is 2. The molecule has 0 radical (unpaired) electrons. The van der Waals surface area contributed by atoms with Gasteiger partial charge < -0.3 is 5.32 Å². The first kappa shape index (κ1) is 21.8. The third-order valence-electron chi connectivity index (χ3n) is 5.83. The lowest BCUT2D eigenvalue weighted by Gasteiger charge is -2.16. The molecule has 4 aromatic rings. The van der Waals surface area contributed by atoms with Gasteiger partial charge in [0.05, 0.1) is 10.6 Å². The van der Waals surface area contributed by atoms with Crippen molar-refractivity contribution in [2.45, 2.75) is 37.0 Å². The molecule has 33 heavy (non-hydrogen) atoms. The Hall–Kier alpha value is -3.01. The maximum atomic E-state index is 12.6. The lowest BCUT2D eigenvalue weighted by Crippen LogP contribution is -2.28. The first-order chi connectivity index (χ1) is 16.0. The van der Waals surface area contributed by atoms with Crippen LogP contribution in [0.3, 0.4) is 0 Å². The number of fused-ring (bicyclic) bond motifs is 2. The number of hydrogen-bond acceptors (Lipinski definition) is 5. The van der Waals surface area contributed by atoms with Crippen molar-refractivity contribution in [3.05, 3.63) is 71.4 Å². The molecule has 0 aliphatic heterocycles. The Morgan fingerprint density at radius 1 is 1.06 bits per heavy atom. The zero-order valence-electron chi connectivity index (χ0n) is 18.0. The summed E-state index contributed by atoms with van der Waals surface area (Å²) >= 11 is 1.57. The van der Waals surface area contributed by atoms with Gasteiger partial charge in [-0.2, -0.15) is 0 Å². The van der Waals surface area contributed by atoms with Crippen molar-refractivity contribution in [2.75, 3.05) is 11.9 Å². The van der Waals surface area contributed by atoms with Gasteiger partial charge in [0.15, 0.2) is 4.96 Å². The zero-order chi connectivity index (χ0) is 22.8. The number of amides is 1. The molecule has 2 N–H and O–H groups in total. The summed E-state index contributed by atoms with van der Waals surface area (Å²) in [5.41, 5.74) is 4.83. The number of thiazole rings is 1. The topological polar surface area (TPSA) is 92.6 Å². The van der Waals surface area contributed by atoms with Gasteiger partial charge in [-0.1, -0.05) is 18.2 Å². The van der Waals surface area contributed by atoms with Crippen LogP contribution in [0.2, 0.25) is 0 Å². The van der Waals surface area contributed by atoms with Gasteiger partial charge in [-0.15, -0.1) is 11.3 Å². The smallest absolute Gasteiger partial charge is 0.240 e. The highest BCUT2D eigenvalue weighted by atomic mass is 32.2. The average Bonchev–Trinajstić information content (AvgIpc) is 3.42. The Bertz CT molecular complexity index is 1380. The van der Waals surface area contributed by atoms with Gasteiger partial charge >= 0.3 is 0 Å². The number of carbonyl (C=O) groups is 1. The van der Waals surface area contributed by atoms with Gasteiger partial charge in [0, 0.05) is 42.0 Å². The van der Waals surface area contributed by atoms with Crippen molar-refractivity contribution in [3.8, 4) is 11.3 Å². The molecule has 0 unspecified atom stereocenters. The van der Waals surface area contributed by atoms with E-state index >= 15 is 0 Å². The van der Waals surface area contributed by atoms with Crippen LogP contribution in [0.5, 0.6) is 0 Å². The first-order valence-electron chi connectivity index (χ1n) is 10.9. The van der Waals surface area contributed by atoms with E-state index in [4.69, 9.17) is 0 Å². The van der Waals surface area contributed by atoms with Gasteiger partial charge in [-0.3, -0.25) is 9.20 Å². The second-order valence-electron chi connectivity index (χ2n) is 8.13. The summed E-state index contributed by atoms with van der Waals surface area (Å²) in [5, 5.41) is 4.80. The van der Waals surface area contributed by atoms with E-state index in [1.165, 1.54) is 5.56 Å². The van der Waals surface area contributed by atoms with Crippen LogP contribution < -0.4 is 10.0 Å². The lowest BCUT2D eigenvalue weighted by molar-refractivity contribution is -0.116. The number of imidazole rings is 1. The van der Waals surface area contributed by atoms with E-state index in [1.54, 1.807) is 23.5 Å². The minimum atomic E-state index is -3.64. The Labute approximate surface area is 196 Å². The van der Waals surface area contributed by atoms with Crippen LogP contribution in [0.1, 0.15) is 30.4 Å². The first-order valence-corrected chi connectivity index (χ1v) is 13.3. The highest BCUT2D eigenvalue weighted by Gasteiger charge is 2.18. The molecule has 0 saturated heterocycles. The van der Waals surface area contributed by atoms with E-state index in [2.05, 4.69) is 15.0 Å². The number of sulfonamides is 1. The van der Waals surface area contributed by atoms with E-state index in [0.29, 0.717) is 5.69 Å². The second kappa shape index (κ2) is 9.09. The van der Waals surface area contributed by atoms with E-state index < -0.39 is 10.0 Å². The Morgan fingerprint density at radius 2 is 1.85 bits per heavy atom. The fourth-order valence-corrected chi connectivity index (χ4v) is 5.86. The molecule has 5 rings (SSSR count). The number of carbonyl (C=O) groups excluding carboxylic acids is 1. The molecule has 2 heterocycles. The molecule has 0 bridgehead atoms. The van der Waals surface area contributed by atoms with Gasteiger partial charge in [0.2, 0.25) is 15.9 Å². The summed E-state index contributed by atoms with van der Waals surface area (Å²) in [5.74, 6) is -0.251. The number of nitrogens with zero attached hydrogens (tertiary/aromatic N) is 2. The third-order valence-corrected chi connectivity index (χ3v) is 8.06. The molecular formula is C24H24N4O3S2. The van der Waals surface area contributed by atoms with Crippen LogP contribution in [0, 0.1) is 0 Å². The molecule has 0 atom stereocenters. The molecule has 170 valence electrons. The molecule has 7 nitrogen and oxygen atoms in total. The third kappa shape index (κ3) is 4.85. The van der Waals surface area contributed by atoms with Crippen LogP contribution in [-0.2, 0) is 27.7 Å². The Balaban J connectivity index is 1.15. The highest BCUT2D eigenvalue weighted by molar-refractivity contribution is 7.89. The number of aromatic nitrogens is 2. The quantitative estimate of drug-likeness (QED) is 0.414. The van der Waals surface area contributed by atoms with Crippen molar-refractivity contribution in [2.24, 2.45) is 0 Å². The molecule has 9 heteroatoms. The maximum Gasteiger partial charge on any atom is 0.240 e. The fourth-order valence-electron chi connectivity index (χ4n) is 4.07. The minimum Gasteiger partial charge on any atom is -0.326 e. The summed E-state index contributed by atoms with van der Waals surface area (Å²) in [7, 11) is -3.64. The fraction of sp³-hybridized carbons (Fsp3) is 0.250. The summed E-state index contributed by atoms with van der Waals surface area (Å²) in [4.78, 5) is 18.1. The predicted molar refractivity (Wildman–Crippen MR) is 130 cm³/mol. The standard InChI is InChI=1S/C24H24N4O3S2/c29-23(11-12-25-33(30,31)21-10-7-17-3-1-2-4-19(17)15-21)26-20-8-5-18(6-9-20)22-16-28-13-14-32-24(28)27-22/h5-10,13-16,25H,1-4,11-12H2,(H,26,29). The minimum absolute atomic E-state index is 0.0364.